The van der Waals surface area contributed by atoms with Crippen molar-refractivity contribution in [3.8, 4) is 17.7 Å². The molecule has 0 saturated heterocycles. The lowest BCUT2D eigenvalue weighted by Crippen LogP contribution is -2.21. The Morgan fingerprint density at radius 1 is 1.20 bits per heavy atom. The van der Waals surface area contributed by atoms with E-state index in [4.69, 9.17) is 10.00 Å². The maximum Gasteiger partial charge on any atom is 0.253 e. The molecule has 0 atom stereocenters. The maximum absolute atomic E-state index is 11.7. The third kappa shape index (κ3) is 3.12. The van der Waals surface area contributed by atoms with Crippen LogP contribution in [0.5, 0.6) is 11.6 Å². The summed E-state index contributed by atoms with van der Waals surface area (Å²) in [4.78, 5) is 17.3. The van der Waals surface area contributed by atoms with Gasteiger partial charge >= 0.3 is 0 Å². The Kier molecular flexibility index (Phi) is 3.96. The first kappa shape index (κ1) is 13.6. The van der Waals surface area contributed by atoms with E-state index < -0.39 is 0 Å². The molecule has 1 amide bonds. The van der Waals surface area contributed by atoms with Crippen LogP contribution in [-0.4, -0.2) is 29.9 Å². The highest BCUT2D eigenvalue weighted by Crippen LogP contribution is 2.20. The van der Waals surface area contributed by atoms with E-state index in [-0.39, 0.29) is 5.91 Å². The molecule has 0 spiro atoms. The quantitative estimate of drug-likeness (QED) is 0.856. The summed E-state index contributed by atoms with van der Waals surface area (Å²) in [5.41, 5.74) is 0.878. The number of carbonyl (C=O) groups is 1. The lowest BCUT2D eigenvalue weighted by molar-refractivity contribution is 0.0827. The van der Waals surface area contributed by atoms with Crippen LogP contribution in [0.2, 0.25) is 0 Å². The molecule has 0 aliphatic carbocycles. The average Bonchev–Trinajstić information content (AvgIpc) is 2.47. The average molecular weight is 267 g/mol. The zero-order chi connectivity index (χ0) is 14.5. The molecule has 0 fully saturated rings. The van der Waals surface area contributed by atoms with Gasteiger partial charge < -0.3 is 9.64 Å². The van der Waals surface area contributed by atoms with Gasteiger partial charge in [0.05, 0.1) is 0 Å². The molecule has 20 heavy (non-hydrogen) atoms. The van der Waals surface area contributed by atoms with Gasteiger partial charge in [-0.3, -0.25) is 4.79 Å². The minimum absolute atomic E-state index is 0.0684. The highest BCUT2D eigenvalue weighted by Gasteiger charge is 2.08. The second-order valence-electron chi connectivity index (χ2n) is 4.30. The van der Waals surface area contributed by atoms with Crippen molar-refractivity contribution in [2.45, 2.75) is 0 Å². The Bertz CT molecular complexity index is 658. The summed E-state index contributed by atoms with van der Waals surface area (Å²) >= 11 is 0. The van der Waals surface area contributed by atoms with Crippen LogP contribution in [0.3, 0.4) is 0 Å². The molecule has 0 aliphatic heterocycles. The van der Waals surface area contributed by atoms with Crippen LogP contribution in [-0.2, 0) is 0 Å². The van der Waals surface area contributed by atoms with Crippen LogP contribution in [0.25, 0.3) is 0 Å². The second kappa shape index (κ2) is 5.85. The van der Waals surface area contributed by atoms with Crippen LogP contribution >= 0.6 is 0 Å². The third-order valence-electron chi connectivity index (χ3n) is 2.57. The third-order valence-corrected chi connectivity index (χ3v) is 2.57. The summed E-state index contributed by atoms with van der Waals surface area (Å²) in [6.45, 7) is 0. The predicted molar refractivity (Wildman–Crippen MR) is 73.5 cm³/mol. The Hall–Kier alpha value is -2.87. The number of hydrogen-bond acceptors (Lipinski definition) is 4. The van der Waals surface area contributed by atoms with Crippen molar-refractivity contribution in [2.24, 2.45) is 0 Å². The van der Waals surface area contributed by atoms with Gasteiger partial charge in [0, 0.05) is 25.7 Å². The molecule has 0 N–H and O–H groups in total. The first-order valence-corrected chi connectivity index (χ1v) is 5.97. The number of aromatic nitrogens is 1. The summed E-state index contributed by atoms with van der Waals surface area (Å²) in [6, 6.07) is 13.7. The van der Waals surface area contributed by atoms with E-state index in [1.165, 1.54) is 4.90 Å². The molecule has 100 valence electrons. The Balaban J connectivity index is 2.15. The minimum atomic E-state index is -0.0684. The summed E-state index contributed by atoms with van der Waals surface area (Å²) in [7, 11) is 3.40. The van der Waals surface area contributed by atoms with Crippen LogP contribution in [0.1, 0.15) is 16.1 Å². The van der Waals surface area contributed by atoms with E-state index >= 15 is 0 Å². The summed E-state index contributed by atoms with van der Waals surface area (Å²) < 4.78 is 5.53. The van der Waals surface area contributed by atoms with Crippen molar-refractivity contribution in [1.29, 1.82) is 5.26 Å². The van der Waals surface area contributed by atoms with Crippen molar-refractivity contribution < 1.29 is 9.53 Å². The monoisotopic (exact) mass is 267 g/mol. The summed E-state index contributed by atoms with van der Waals surface area (Å²) in [6.07, 6.45) is 0. The first-order chi connectivity index (χ1) is 9.60. The SMILES string of the molecule is CN(C)C(=O)c1ccc(Oc2cccc(C#N)n2)cc1. The van der Waals surface area contributed by atoms with E-state index in [1.807, 2.05) is 6.07 Å². The number of ether oxygens (including phenoxy) is 1. The normalized spacial score (nSPS) is 9.65. The van der Waals surface area contributed by atoms with E-state index in [0.717, 1.165) is 0 Å². The number of pyridine rings is 1. The van der Waals surface area contributed by atoms with Gasteiger partial charge in [-0.05, 0) is 30.3 Å². The Morgan fingerprint density at radius 3 is 2.50 bits per heavy atom. The molecular formula is C15H13N3O2. The van der Waals surface area contributed by atoms with Gasteiger partial charge in [-0.2, -0.15) is 5.26 Å². The van der Waals surface area contributed by atoms with Crippen molar-refractivity contribution in [1.82, 2.24) is 9.88 Å². The van der Waals surface area contributed by atoms with Crippen LogP contribution in [0.4, 0.5) is 0 Å². The van der Waals surface area contributed by atoms with E-state index in [9.17, 15) is 4.79 Å². The van der Waals surface area contributed by atoms with Crippen molar-refractivity contribution in [3.05, 3.63) is 53.7 Å². The van der Waals surface area contributed by atoms with Gasteiger partial charge in [0.1, 0.15) is 17.5 Å². The molecule has 1 aromatic carbocycles. The zero-order valence-electron chi connectivity index (χ0n) is 11.2. The van der Waals surface area contributed by atoms with E-state index in [2.05, 4.69) is 4.98 Å². The number of nitriles is 1. The standard InChI is InChI=1S/C15H13N3O2/c1-18(2)15(19)11-6-8-13(9-7-11)20-14-5-3-4-12(10-16)17-14/h3-9H,1-2H3. The molecule has 2 aromatic rings. The largest absolute Gasteiger partial charge is 0.439 e. The fourth-order valence-electron chi connectivity index (χ4n) is 1.58. The maximum atomic E-state index is 11.7. The van der Waals surface area contributed by atoms with Gasteiger partial charge in [0.2, 0.25) is 5.88 Å². The number of rotatable bonds is 3. The molecule has 5 heteroatoms. The molecule has 2 rings (SSSR count). The Morgan fingerprint density at radius 2 is 1.90 bits per heavy atom. The topological polar surface area (TPSA) is 66.2 Å². The van der Waals surface area contributed by atoms with Crippen LogP contribution in [0.15, 0.2) is 42.5 Å². The smallest absolute Gasteiger partial charge is 0.253 e. The minimum Gasteiger partial charge on any atom is -0.439 e. The van der Waals surface area contributed by atoms with Crippen LogP contribution in [0, 0.1) is 11.3 Å². The highest BCUT2D eigenvalue weighted by molar-refractivity contribution is 5.93. The molecule has 1 heterocycles. The Labute approximate surface area is 117 Å². The van der Waals surface area contributed by atoms with Gasteiger partial charge in [0.25, 0.3) is 5.91 Å². The lowest BCUT2D eigenvalue weighted by Gasteiger charge is -2.10. The number of amides is 1. The number of nitrogens with zero attached hydrogens (tertiary/aromatic N) is 3. The fraction of sp³-hybridized carbons (Fsp3) is 0.133. The van der Waals surface area contributed by atoms with Crippen molar-refractivity contribution >= 4 is 5.91 Å². The number of benzene rings is 1. The molecule has 1 aromatic heterocycles. The highest BCUT2D eigenvalue weighted by atomic mass is 16.5. The predicted octanol–water partition coefficient (Wildman–Crippen LogP) is 2.45. The molecule has 0 saturated carbocycles. The summed E-state index contributed by atoms with van der Waals surface area (Å²) in [5, 5.41) is 8.77. The summed E-state index contributed by atoms with van der Waals surface area (Å²) in [5.74, 6) is 0.833. The molecule has 0 unspecified atom stereocenters. The molecule has 5 nitrogen and oxygen atoms in total. The lowest BCUT2D eigenvalue weighted by atomic mass is 10.2. The van der Waals surface area contributed by atoms with Gasteiger partial charge in [0.15, 0.2) is 0 Å². The molecular weight excluding hydrogens is 254 g/mol. The van der Waals surface area contributed by atoms with E-state index in [0.29, 0.717) is 22.9 Å². The molecule has 0 bridgehead atoms. The molecule has 0 radical (unpaired) electrons. The van der Waals surface area contributed by atoms with Crippen LogP contribution < -0.4 is 4.74 Å². The number of carbonyl (C=O) groups excluding carboxylic acids is 1. The second-order valence-corrected chi connectivity index (χ2v) is 4.30. The van der Waals surface area contributed by atoms with Crippen molar-refractivity contribution in [3.63, 3.8) is 0 Å². The van der Waals surface area contributed by atoms with E-state index in [1.54, 1.807) is 56.6 Å². The van der Waals surface area contributed by atoms with Gasteiger partial charge in [-0.15, -0.1) is 0 Å². The number of hydrogen-bond donors (Lipinski definition) is 0. The van der Waals surface area contributed by atoms with Gasteiger partial charge in [-0.25, -0.2) is 4.98 Å². The van der Waals surface area contributed by atoms with Gasteiger partial charge in [-0.1, -0.05) is 6.07 Å². The first-order valence-electron chi connectivity index (χ1n) is 5.97. The fourth-order valence-corrected chi connectivity index (χ4v) is 1.58. The zero-order valence-corrected chi connectivity index (χ0v) is 11.2. The molecule has 0 aliphatic rings. The van der Waals surface area contributed by atoms with Crippen molar-refractivity contribution in [2.75, 3.05) is 14.1 Å².